The lowest BCUT2D eigenvalue weighted by atomic mass is 9.79. The molecule has 1 aromatic rings. The minimum Gasteiger partial charge on any atom is -0.393 e. The zero-order chi connectivity index (χ0) is 12.4. The Balaban J connectivity index is 1.70. The van der Waals surface area contributed by atoms with Crippen LogP contribution in [0.4, 0.5) is 0 Å². The van der Waals surface area contributed by atoms with Crippen LogP contribution < -0.4 is 0 Å². The highest BCUT2D eigenvalue weighted by atomic mass is 16.7. The molecule has 3 rings (SSSR count). The maximum atomic E-state index is 10.2. The fourth-order valence-corrected chi connectivity index (χ4v) is 3.13. The molecule has 2 aliphatic rings. The van der Waals surface area contributed by atoms with Gasteiger partial charge in [0.1, 0.15) is 0 Å². The van der Waals surface area contributed by atoms with Crippen molar-refractivity contribution in [2.45, 2.75) is 37.6 Å². The van der Waals surface area contributed by atoms with E-state index in [1.165, 1.54) is 5.56 Å². The average Bonchev–Trinajstić information content (AvgIpc) is 2.84. The Morgan fingerprint density at radius 3 is 2.61 bits per heavy atom. The normalized spacial score (nSPS) is 30.7. The first-order valence-corrected chi connectivity index (χ1v) is 6.77. The summed E-state index contributed by atoms with van der Waals surface area (Å²) in [6.07, 6.45) is 3.07. The van der Waals surface area contributed by atoms with Crippen LogP contribution in [-0.2, 0) is 15.9 Å². The van der Waals surface area contributed by atoms with Crippen molar-refractivity contribution in [1.82, 2.24) is 0 Å². The fraction of sp³-hybridized carbons (Fsp3) is 0.600. The predicted molar refractivity (Wildman–Crippen MR) is 68.1 cm³/mol. The zero-order valence-electron chi connectivity index (χ0n) is 10.5. The second-order valence-electron chi connectivity index (χ2n) is 5.37. The van der Waals surface area contributed by atoms with Gasteiger partial charge in [-0.1, -0.05) is 30.3 Å². The number of aliphatic hydroxyl groups excluding tert-OH is 1. The van der Waals surface area contributed by atoms with E-state index in [0.717, 1.165) is 25.7 Å². The summed E-state index contributed by atoms with van der Waals surface area (Å²) >= 11 is 0. The van der Waals surface area contributed by atoms with Gasteiger partial charge in [0.25, 0.3) is 0 Å². The molecule has 0 aromatic heterocycles. The van der Waals surface area contributed by atoms with E-state index in [0.29, 0.717) is 13.2 Å². The molecular formula is C15H20O3. The van der Waals surface area contributed by atoms with Crippen LogP contribution in [0.5, 0.6) is 0 Å². The molecule has 0 amide bonds. The van der Waals surface area contributed by atoms with Crippen molar-refractivity contribution in [3.8, 4) is 0 Å². The molecule has 0 radical (unpaired) electrons. The Morgan fingerprint density at radius 1 is 1.17 bits per heavy atom. The summed E-state index contributed by atoms with van der Waals surface area (Å²) in [4.78, 5) is 0. The van der Waals surface area contributed by atoms with E-state index >= 15 is 0 Å². The van der Waals surface area contributed by atoms with Gasteiger partial charge in [-0.3, -0.25) is 0 Å². The molecule has 1 spiro atoms. The monoisotopic (exact) mass is 248 g/mol. The number of benzene rings is 1. The molecule has 18 heavy (non-hydrogen) atoms. The van der Waals surface area contributed by atoms with E-state index in [9.17, 15) is 5.11 Å². The topological polar surface area (TPSA) is 38.7 Å². The third kappa shape index (κ3) is 2.44. The Bertz CT molecular complexity index is 384. The van der Waals surface area contributed by atoms with Gasteiger partial charge in [-0.05, 0) is 24.3 Å². The number of ether oxygens (including phenoxy) is 2. The fourth-order valence-electron chi connectivity index (χ4n) is 3.13. The average molecular weight is 248 g/mol. The largest absolute Gasteiger partial charge is 0.393 e. The van der Waals surface area contributed by atoms with Crippen LogP contribution in [0.25, 0.3) is 0 Å². The van der Waals surface area contributed by atoms with Crippen molar-refractivity contribution in [3.63, 3.8) is 0 Å². The molecule has 1 aliphatic carbocycles. The molecule has 0 unspecified atom stereocenters. The first kappa shape index (κ1) is 12.2. The van der Waals surface area contributed by atoms with Crippen molar-refractivity contribution in [2.24, 2.45) is 5.92 Å². The van der Waals surface area contributed by atoms with E-state index in [2.05, 4.69) is 12.1 Å². The molecule has 1 saturated heterocycles. The van der Waals surface area contributed by atoms with Gasteiger partial charge in [0, 0.05) is 12.8 Å². The van der Waals surface area contributed by atoms with Crippen LogP contribution in [0.1, 0.15) is 24.8 Å². The van der Waals surface area contributed by atoms with Crippen molar-refractivity contribution in [3.05, 3.63) is 35.9 Å². The number of aliphatic hydroxyl groups is 1. The minimum atomic E-state index is -0.404. The maximum Gasteiger partial charge on any atom is 0.168 e. The third-order valence-electron chi connectivity index (χ3n) is 4.09. The highest BCUT2D eigenvalue weighted by Crippen LogP contribution is 2.40. The van der Waals surface area contributed by atoms with Crippen molar-refractivity contribution in [1.29, 1.82) is 0 Å². The van der Waals surface area contributed by atoms with Crippen molar-refractivity contribution < 1.29 is 14.6 Å². The second kappa shape index (κ2) is 5.00. The van der Waals surface area contributed by atoms with Gasteiger partial charge in [0.05, 0.1) is 19.3 Å². The van der Waals surface area contributed by atoms with E-state index in [1.54, 1.807) is 0 Å². The van der Waals surface area contributed by atoms with Crippen LogP contribution in [-0.4, -0.2) is 30.2 Å². The number of hydrogen-bond donors (Lipinski definition) is 1. The minimum absolute atomic E-state index is 0.233. The van der Waals surface area contributed by atoms with E-state index in [1.807, 2.05) is 18.2 Å². The quantitative estimate of drug-likeness (QED) is 0.871. The summed E-state index contributed by atoms with van der Waals surface area (Å²) in [7, 11) is 0. The van der Waals surface area contributed by atoms with Crippen LogP contribution in [0.3, 0.4) is 0 Å². The zero-order valence-corrected chi connectivity index (χ0v) is 10.5. The Morgan fingerprint density at radius 2 is 1.89 bits per heavy atom. The molecule has 1 N–H and O–H groups in total. The summed E-state index contributed by atoms with van der Waals surface area (Å²) in [6.45, 7) is 1.38. The summed E-state index contributed by atoms with van der Waals surface area (Å²) in [5.74, 6) is -0.169. The highest BCUT2D eigenvalue weighted by Gasteiger charge is 2.44. The van der Waals surface area contributed by atoms with Gasteiger partial charge in [-0.25, -0.2) is 0 Å². The Labute approximate surface area is 108 Å². The van der Waals surface area contributed by atoms with E-state index in [4.69, 9.17) is 9.47 Å². The molecule has 1 aromatic carbocycles. The lowest BCUT2D eigenvalue weighted by Crippen LogP contribution is -2.43. The highest BCUT2D eigenvalue weighted by molar-refractivity contribution is 5.16. The van der Waals surface area contributed by atoms with Crippen LogP contribution in [0.15, 0.2) is 30.3 Å². The molecule has 98 valence electrons. The molecule has 2 atom stereocenters. The van der Waals surface area contributed by atoms with Crippen molar-refractivity contribution in [2.75, 3.05) is 13.2 Å². The molecule has 0 bridgehead atoms. The SMILES string of the molecule is O[C@H]1CCC2(C[C@@H]1Cc1ccccc1)OCCO2. The Hall–Kier alpha value is -0.900. The summed E-state index contributed by atoms with van der Waals surface area (Å²) in [5.41, 5.74) is 1.27. The molecule has 3 heteroatoms. The maximum absolute atomic E-state index is 10.2. The summed E-state index contributed by atoms with van der Waals surface area (Å²) in [6, 6.07) is 10.3. The summed E-state index contributed by atoms with van der Waals surface area (Å²) < 4.78 is 11.5. The van der Waals surface area contributed by atoms with Gasteiger partial charge in [-0.15, -0.1) is 0 Å². The number of rotatable bonds is 2. The van der Waals surface area contributed by atoms with E-state index in [-0.39, 0.29) is 12.0 Å². The van der Waals surface area contributed by atoms with Crippen LogP contribution >= 0.6 is 0 Å². The van der Waals surface area contributed by atoms with Crippen LogP contribution in [0.2, 0.25) is 0 Å². The molecule has 3 nitrogen and oxygen atoms in total. The van der Waals surface area contributed by atoms with E-state index < -0.39 is 5.79 Å². The molecule has 1 aliphatic heterocycles. The lowest BCUT2D eigenvalue weighted by Gasteiger charge is -2.39. The second-order valence-corrected chi connectivity index (χ2v) is 5.37. The number of hydrogen-bond acceptors (Lipinski definition) is 3. The third-order valence-corrected chi connectivity index (χ3v) is 4.09. The van der Waals surface area contributed by atoms with Gasteiger partial charge >= 0.3 is 0 Å². The van der Waals surface area contributed by atoms with Crippen LogP contribution in [0, 0.1) is 5.92 Å². The smallest absolute Gasteiger partial charge is 0.168 e. The molecule has 1 saturated carbocycles. The van der Waals surface area contributed by atoms with Gasteiger partial charge in [0.2, 0.25) is 0 Å². The molecule has 2 fully saturated rings. The first-order valence-electron chi connectivity index (χ1n) is 6.77. The summed E-state index contributed by atoms with van der Waals surface area (Å²) in [5, 5.41) is 10.2. The predicted octanol–water partition coefficient (Wildman–Crippen LogP) is 2.13. The molecular weight excluding hydrogens is 228 g/mol. The van der Waals surface area contributed by atoms with Crippen molar-refractivity contribution >= 4 is 0 Å². The van der Waals surface area contributed by atoms with Gasteiger partial charge < -0.3 is 14.6 Å². The molecule has 1 heterocycles. The standard InChI is InChI=1S/C15H20O3/c16-14-6-7-15(17-8-9-18-15)11-13(14)10-12-4-2-1-3-5-12/h1-5,13-14,16H,6-11H2/t13-,14-/m0/s1. The first-order chi connectivity index (χ1) is 8.77. The lowest BCUT2D eigenvalue weighted by molar-refractivity contribution is -0.201. The van der Waals surface area contributed by atoms with Gasteiger partial charge in [0.15, 0.2) is 5.79 Å². The van der Waals surface area contributed by atoms with Gasteiger partial charge in [-0.2, -0.15) is 0 Å². The Kier molecular flexibility index (Phi) is 3.37.